The van der Waals surface area contributed by atoms with E-state index in [9.17, 15) is 4.79 Å². The second-order valence-corrected chi connectivity index (χ2v) is 6.31. The van der Waals surface area contributed by atoms with Gasteiger partial charge in [0.25, 0.3) is 5.91 Å². The average Bonchev–Trinajstić information content (AvgIpc) is 3.04. The van der Waals surface area contributed by atoms with Crippen molar-refractivity contribution in [1.29, 1.82) is 0 Å². The van der Waals surface area contributed by atoms with Crippen LogP contribution < -0.4 is 0 Å². The Bertz CT molecular complexity index is 738. The molecule has 1 aliphatic heterocycles. The summed E-state index contributed by atoms with van der Waals surface area (Å²) in [5.74, 6) is 0.378. The molecule has 3 atom stereocenters. The van der Waals surface area contributed by atoms with Crippen molar-refractivity contribution in [1.82, 2.24) is 4.90 Å². The second-order valence-electron chi connectivity index (χ2n) is 6.31. The Morgan fingerprint density at radius 2 is 2.13 bits per heavy atom. The first-order chi connectivity index (χ1) is 11.2. The Morgan fingerprint density at radius 3 is 2.91 bits per heavy atom. The van der Waals surface area contributed by atoms with Crippen molar-refractivity contribution in [2.45, 2.75) is 38.0 Å². The molecule has 1 saturated carbocycles. The van der Waals surface area contributed by atoms with Crippen molar-refractivity contribution in [3.8, 4) is 0 Å². The molecule has 2 aromatic rings. The maximum Gasteiger partial charge on any atom is 0.290 e. The van der Waals surface area contributed by atoms with Crippen LogP contribution in [0.3, 0.4) is 0 Å². The van der Waals surface area contributed by atoms with E-state index >= 15 is 0 Å². The number of methoxy groups -OCH3 is 1. The summed E-state index contributed by atoms with van der Waals surface area (Å²) in [4.78, 5) is 15.0. The predicted octanol–water partition coefficient (Wildman–Crippen LogP) is 2.76. The predicted molar refractivity (Wildman–Crippen MR) is 85.5 cm³/mol. The number of benzene rings is 1. The van der Waals surface area contributed by atoms with Gasteiger partial charge < -0.3 is 18.8 Å². The standard InChI is InChI=1S/C18H21NO4/c1-11-12-5-3-4-6-14(12)23-16(11)18(20)19-9-10-22-15-8-7-13(19)17(15)21-2/h3-6,13,15,17H,7-10H2,1-2H3/t13-,15-,17-/m1/s1. The zero-order valence-electron chi connectivity index (χ0n) is 13.5. The number of fused-ring (bicyclic) bond motifs is 3. The molecule has 23 heavy (non-hydrogen) atoms. The van der Waals surface area contributed by atoms with Gasteiger partial charge >= 0.3 is 0 Å². The van der Waals surface area contributed by atoms with Gasteiger partial charge in [0.15, 0.2) is 5.76 Å². The van der Waals surface area contributed by atoms with Gasteiger partial charge in [-0.1, -0.05) is 18.2 Å². The third-order valence-electron chi connectivity index (χ3n) is 5.13. The fourth-order valence-corrected chi connectivity index (χ4v) is 3.96. The van der Waals surface area contributed by atoms with Gasteiger partial charge in [0.05, 0.1) is 18.8 Å². The quantitative estimate of drug-likeness (QED) is 0.855. The number of ether oxygens (including phenoxy) is 2. The van der Waals surface area contributed by atoms with Crippen LogP contribution in [0, 0.1) is 6.92 Å². The van der Waals surface area contributed by atoms with Crippen LogP contribution in [0.25, 0.3) is 11.0 Å². The zero-order valence-corrected chi connectivity index (χ0v) is 13.5. The van der Waals surface area contributed by atoms with Crippen LogP contribution in [0.2, 0.25) is 0 Å². The van der Waals surface area contributed by atoms with Gasteiger partial charge in [-0.3, -0.25) is 4.79 Å². The number of furan rings is 1. The van der Waals surface area contributed by atoms with Crippen LogP contribution in [0.15, 0.2) is 28.7 Å². The first kappa shape index (κ1) is 14.7. The lowest BCUT2D eigenvalue weighted by Gasteiger charge is -2.30. The average molecular weight is 315 g/mol. The molecule has 1 aromatic heterocycles. The van der Waals surface area contributed by atoms with Crippen LogP contribution >= 0.6 is 0 Å². The Balaban J connectivity index is 1.71. The lowest BCUT2D eigenvalue weighted by atomic mass is 10.1. The Labute approximate surface area is 135 Å². The SMILES string of the molecule is CO[C@@H]1[C@H]2CC[C@H]1OCCN2C(=O)c1oc2ccccc2c1C. The zero-order chi connectivity index (χ0) is 16.0. The third-order valence-corrected chi connectivity index (χ3v) is 5.13. The van der Waals surface area contributed by atoms with Gasteiger partial charge in [-0.2, -0.15) is 0 Å². The molecule has 4 rings (SSSR count). The summed E-state index contributed by atoms with van der Waals surface area (Å²) < 4.78 is 17.3. The highest BCUT2D eigenvalue weighted by atomic mass is 16.5. The van der Waals surface area contributed by atoms with E-state index in [-0.39, 0.29) is 24.2 Å². The van der Waals surface area contributed by atoms with Crippen molar-refractivity contribution >= 4 is 16.9 Å². The highest BCUT2D eigenvalue weighted by Gasteiger charge is 2.45. The van der Waals surface area contributed by atoms with Crippen molar-refractivity contribution in [3.05, 3.63) is 35.6 Å². The van der Waals surface area contributed by atoms with Gasteiger partial charge in [-0.05, 0) is 25.8 Å². The molecule has 0 N–H and O–H groups in total. The van der Waals surface area contributed by atoms with Crippen molar-refractivity contribution < 1.29 is 18.7 Å². The highest BCUT2D eigenvalue weighted by Crippen LogP contribution is 2.34. The van der Waals surface area contributed by atoms with E-state index in [1.165, 1.54) is 0 Å². The lowest BCUT2D eigenvalue weighted by Crippen LogP contribution is -2.46. The molecule has 1 aliphatic carbocycles. The Kier molecular flexibility index (Phi) is 3.62. The van der Waals surface area contributed by atoms with Gasteiger partial charge in [-0.25, -0.2) is 0 Å². The largest absolute Gasteiger partial charge is 0.451 e. The van der Waals surface area contributed by atoms with Crippen LogP contribution in [0.4, 0.5) is 0 Å². The van der Waals surface area contributed by atoms with Gasteiger partial charge in [0.1, 0.15) is 11.7 Å². The fourth-order valence-electron chi connectivity index (χ4n) is 3.96. The van der Waals surface area contributed by atoms with E-state index in [2.05, 4.69) is 0 Å². The number of carbonyl (C=O) groups excluding carboxylic acids is 1. The third kappa shape index (κ3) is 2.26. The summed E-state index contributed by atoms with van der Waals surface area (Å²) in [6.45, 7) is 3.07. The smallest absolute Gasteiger partial charge is 0.290 e. The molecule has 0 radical (unpaired) electrons. The summed E-state index contributed by atoms with van der Waals surface area (Å²) in [6, 6.07) is 7.82. The summed E-state index contributed by atoms with van der Waals surface area (Å²) in [5, 5.41) is 0.995. The molecule has 1 saturated heterocycles. The second kappa shape index (κ2) is 5.65. The van der Waals surface area contributed by atoms with Crippen LogP contribution in [0.5, 0.6) is 0 Å². The normalized spacial score (nSPS) is 27.4. The molecule has 1 amide bonds. The van der Waals surface area contributed by atoms with E-state index in [0.29, 0.717) is 18.9 Å². The Hall–Kier alpha value is -1.85. The van der Waals surface area contributed by atoms with E-state index in [1.54, 1.807) is 7.11 Å². The number of amides is 1. The van der Waals surface area contributed by atoms with Crippen molar-refractivity contribution in [2.24, 2.45) is 0 Å². The first-order valence-corrected chi connectivity index (χ1v) is 8.14. The molecule has 2 bridgehead atoms. The summed E-state index contributed by atoms with van der Waals surface area (Å²) in [5.41, 5.74) is 1.66. The highest BCUT2D eigenvalue weighted by molar-refractivity contribution is 5.99. The summed E-state index contributed by atoms with van der Waals surface area (Å²) in [7, 11) is 1.69. The molecule has 1 aromatic carbocycles. The van der Waals surface area contributed by atoms with Crippen molar-refractivity contribution in [2.75, 3.05) is 20.3 Å². The number of nitrogens with zero attached hydrogens (tertiary/aromatic N) is 1. The summed E-state index contributed by atoms with van der Waals surface area (Å²) in [6.07, 6.45) is 1.89. The number of aryl methyl sites for hydroxylation is 1. The molecule has 2 aliphatic rings. The first-order valence-electron chi connectivity index (χ1n) is 8.14. The monoisotopic (exact) mass is 315 g/mol. The number of hydrogen-bond donors (Lipinski definition) is 0. The molecular formula is C18H21NO4. The number of rotatable bonds is 2. The van der Waals surface area contributed by atoms with Gasteiger partial charge in [0.2, 0.25) is 0 Å². The molecule has 5 heteroatoms. The minimum Gasteiger partial charge on any atom is -0.451 e. The van der Waals surface area contributed by atoms with Gasteiger partial charge in [0, 0.05) is 24.6 Å². The maximum absolute atomic E-state index is 13.1. The molecule has 122 valence electrons. The number of carbonyl (C=O) groups is 1. The molecule has 0 spiro atoms. The van der Waals surface area contributed by atoms with Crippen LogP contribution in [0.1, 0.15) is 29.0 Å². The fraction of sp³-hybridized carbons (Fsp3) is 0.500. The summed E-state index contributed by atoms with van der Waals surface area (Å²) >= 11 is 0. The molecular weight excluding hydrogens is 294 g/mol. The molecule has 5 nitrogen and oxygen atoms in total. The van der Waals surface area contributed by atoms with E-state index in [0.717, 1.165) is 29.4 Å². The molecule has 2 heterocycles. The van der Waals surface area contributed by atoms with E-state index in [4.69, 9.17) is 13.9 Å². The minimum absolute atomic E-state index is 0.0499. The topological polar surface area (TPSA) is 51.9 Å². The Morgan fingerprint density at radius 1 is 1.30 bits per heavy atom. The van der Waals surface area contributed by atoms with E-state index < -0.39 is 0 Å². The molecule has 2 fully saturated rings. The number of hydrogen-bond acceptors (Lipinski definition) is 4. The maximum atomic E-state index is 13.1. The van der Waals surface area contributed by atoms with Crippen LogP contribution in [-0.4, -0.2) is 49.3 Å². The minimum atomic E-state index is -0.0584. The number of para-hydroxylation sites is 1. The lowest BCUT2D eigenvalue weighted by molar-refractivity contribution is -0.0317. The van der Waals surface area contributed by atoms with E-state index in [1.807, 2.05) is 36.1 Å². The van der Waals surface area contributed by atoms with Gasteiger partial charge in [-0.15, -0.1) is 0 Å². The molecule has 0 unspecified atom stereocenters. The van der Waals surface area contributed by atoms with Crippen molar-refractivity contribution in [3.63, 3.8) is 0 Å². The van der Waals surface area contributed by atoms with Crippen LogP contribution in [-0.2, 0) is 9.47 Å².